The topological polar surface area (TPSA) is 38.1 Å². The molecule has 0 aliphatic heterocycles. The minimum absolute atomic E-state index is 0.0803. The first-order chi connectivity index (χ1) is 12.3. The Labute approximate surface area is 147 Å². The third-order valence-electron chi connectivity index (χ3n) is 5.16. The lowest BCUT2D eigenvalue weighted by atomic mass is 9.83. The molecule has 3 aromatic rings. The second-order valence-electron chi connectivity index (χ2n) is 6.97. The van der Waals surface area contributed by atoms with Crippen LogP contribution in [0.15, 0.2) is 52.9 Å². The van der Waals surface area contributed by atoms with E-state index in [-0.39, 0.29) is 11.9 Å². The number of aromatic nitrogens is 1. The molecule has 130 valence electrons. The van der Waals surface area contributed by atoms with E-state index in [4.69, 9.17) is 4.42 Å². The van der Waals surface area contributed by atoms with Crippen molar-refractivity contribution < 1.29 is 8.81 Å². The molecule has 1 aliphatic rings. The Hall–Kier alpha value is -2.36. The average Bonchev–Trinajstić information content (AvgIpc) is 3.05. The molecule has 1 unspecified atom stereocenters. The van der Waals surface area contributed by atoms with Crippen LogP contribution in [0.4, 0.5) is 10.4 Å². The summed E-state index contributed by atoms with van der Waals surface area (Å²) in [7, 11) is 0. The van der Waals surface area contributed by atoms with E-state index in [0.717, 1.165) is 23.1 Å². The summed E-state index contributed by atoms with van der Waals surface area (Å²) in [5.74, 6) is 0.489. The molecule has 3 nitrogen and oxygen atoms in total. The molecular weight excluding hydrogens is 315 g/mol. The van der Waals surface area contributed by atoms with Crippen LogP contribution in [0.3, 0.4) is 0 Å². The van der Waals surface area contributed by atoms with Gasteiger partial charge in [0.1, 0.15) is 11.3 Å². The average molecular weight is 338 g/mol. The highest BCUT2D eigenvalue weighted by Gasteiger charge is 2.22. The predicted octanol–water partition coefficient (Wildman–Crippen LogP) is 6.09. The Kier molecular flexibility index (Phi) is 4.68. The Morgan fingerprint density at radius 2 is 1.80 bits per heavy atom. The fraction of sp³-hybridized carbons (Fsp3) is 0.381. The summed E-state index contributed by atoms with van der Waals surface area (Å²) in [6.45, 7) is 0. The number of oxazole rings is 1. The van der Waals surface area contributed by atoms with E-state index in [1.807, 2.05) is 36.4 Å². The minimum atomic E-state index is -0.206. The largest absolute Gasteiger partial charge is 0.424 e. The third kappa shape index (κ3) is 3.84. The first kappa shape index (κ1) is 16.1. The normalized spacial score (nSPS) is 16.8. The Bertz CT molecular complexity index is 788. The quantitative estimate of drug-likeness (QED) is 0.611. The van der Waals surface area contributed by atoms with Crippen LogP contribution in [0.5, 0.6) is 0 Å². The van der Waals surface area contributed by atoms with Gasteiger partial charge in [-0.3, -0.25) is 0 Å². The van der Waals surface area contributed by atoms with E-state index in [1.165, 1.54) is 44.2 Å². The van der Waals surface area contributed by atoms with Crippen LogP contribution in [0.1, 0.15) is 50.1 Å². The lowest BCUT2D eigenvalue weighted by molar-refractivity contribution is 0.323. The molecule has 1 fully saturated rings. The fourth-order valence-electron chi connectivity index (χ4n) is 3.81. The first-order valence-electron chi connectivity index (χ1n) is 9.15. The van der Waals surface area contributed by atoms with E-state index < -0.39 is 0 Å². The highest BCUT2D eigenvalue weighted by atomic mass is 19.1. The van der Waals surface area contributed by atoms with Gasteiger partial charge in [0.05, 0.1) is 6.04 Å². The summed E-state index contributed by atoms with van der Waals surface area (Å²) in [4.78, 5) is 4.54. The number of para-hydroxylation sites is 2. The molecule has 1 N–H and O–H groups in total. The highest BCUT2D eigenvalue weighted by Crippen LogP contribution is 2.34. The Morgan fingerprint density at radius 3 is 2.56 bits per heavy atom. The molecule has 2 aromatic carbocycles. The van der Waals surface area contributed by atoms with Crippen LogP contribution < -0.4 is 5.32 Å². The standard InChI is InChI=1S/C21H23FN2O/c22-17-12-10-16(11-13-17)19(14-15-6-2-1-3-7-15)24-21-23-18-8-4-5-9-20(18)25-21/h4-5,8-13,15,19H,1-3,6-7,14H2,(H,23,24). The molecule has 1 heterocycles. The number of hydrogen-bond donors (Lipinski definition) is 1. The SMILES string of the molecule is Fc1ccc(C(CC2CCCCC2)Nc2nc3ccccc3o2)cc1. The smallest absolute Gasteiger partial charge is 0.296 e. The number of nitrogens with one attached hydrogen (secondary N) is 1. The van der Waals surface area contributed by atoms with Crippen LogP contribution in [0.25, 0.3) is 11.1 Å². The van der Waals surface area contributed by atoms with Gasteiger partial charge in [0.25, 0.3) is 6.01 Å². The number of halogens is 1. The second kappa shape index (κ2) is 7.26. The van der Waals surface area contributed by atoms with Crippen molar-refractivity contribution >= 4 is 17.1 Å². The first-order valence-corrected chi connectivity index (χ1v) is 9.15. The van der Waals surface area contributed by atoms with Gasteiger partial charge in [-0.1, -0.05) is 56.4 Å². The van der Waals surface area contributed by atoms with E-state index in [1.54, 1.807) is 0 Å². The molecule has 1 saturated carbocycles. The molecule has 1 aromatic heterocycles. The summed E-state index contributed by atoms with van der Waals surface area (Å²) >= 11 is 0. The summed E-state index contributed by atoms with van der Waals surface area (Å²) < 4.78 is 19.2. The van der Waals surface area contributed by atoms with Crippen LogP contribution in [0.2, 0.25) is 0 Å². The molecule has 0 saturated heterocycles. The molecule has 25 heavy (non-hydrogen) atoms. The minimum Gasteiger partial charge on any atom is -0.424 e. The van der Waals surface area contributed by atoms with Crippen molar-refractivity contribution in [1.82, 2.24) is 4.98 Å². The number of anilines is 1. The van der Waals surface area contributed by atoms with Crippen LogP contribution in [-0.2, 0) is 0 Å². The summed E-state index contributed by atoms with van der Waals surface area (Å²) in [6, 6.07) is 15.1. The van der Waals surface area contributed by atoms with E-state index >= 15 is 0 Å². The predicted molar refractivity (Wildman–Crippen MR) is 98.0 cm³/mol. The molecule has 0 amide bonds. The Balaban J connectivity index is 1.58. The zero-order valence-electron chi connectivity index (χ0n) is 14.2. The number of hydrogen-bond acceptors (Lipinski definition) is 3. The lowest BCUT2D eigenvalue weighted by Gasteiger charge is -2.27. The van der Waals surface area contributed by atoms with Gasteiger partial charge < -0.3 is 9.73 Å². The van der Waals surface area contributed by atoms with E-state index in [9.17, 15) is 4.39 Å². The van der Waals surface area contributed by atoms with Gasteiger partial charge in [0, 0.05) is 0 Å². The van der Waals surface area contributed by atoms with Crippen LogP contribution in [-0.4, -0.2) is 4.98 Å². The van der Waals surface area contributed by atoms with Crippen molar-refractivity contribution in [2.24, 2.45) is 5.92 Å². The van der Waals surface area contributed by atoms with Gasteiger partial charge in [0.2, 0.25) is 0 Å². The molecular formula is C21H23FN2O. The maximum atomic E-state index is 13.3. The molecule has 0 bridgehead atoms. The van der Waals surface area contributed by atoms with Crippen LogP contribution >= 0.6 is 0 Å². The molecule has 1 aliphatic carbocycles. The third-order valence-corrected chi connectivity index (χ3v) is 5.16. The van der Waals surface area contributed by atoms with Gasteiger partial charge in [-0.15, -0.1) is 0 Å². The maximum absolute atomic E-state index is 13.3. The van der Waals surface area contributed by atoms with Crippen LogP contribution in [0, 0.1) is 11.7 Å². The second-order valence-corrected chi connectivity index (χ2v) is 6.97. The van der Waals surface area contributed by atoms with Gasteiger partial charge in [-0.25, -0.2) is 4.39 Å². The molecule has 4 rings (SSSR count). The van der Waals surface area contributed by atoms with Gasteiger partial charge in [-0.05, 0) is 42.2 Å². The number of fused-ring (bicyclic) bond motifs is 1. The zero-order valence-corrected chi connectivity index (χ0v) is 14.2. The maximum Gasteiger partial charge on any atom is 0.296 e. The molecule has 0 spiro atoms. The fourth-order valence-corrected chi connectivity index (χ4v) is 3.81. The van der Waals surface area contributed by atoms with Gasteiger partial charge in [-0.2, -0.15) is 4.98 Å². The van der Waals surface area contributed by atoms with Crippen molar-refractivity contribution in [1.29, 1.82) is 0 Å². The number of nitrogens with zero attached hydrogens (tertiary/aromatic N) is 1. The summed E-state index contributed by atoms with van der Waals surface area (Å²) in [5, 5.41) is 3.45. The molecule has 0 radical (unpaired) electrons. The van der Waals surface area contributed by atoms with E-state index in [0.29, 0.717) is 11.9 Å². The number of benzene rings is 2. The lowest BCUT2D eigenvalue weighted by Crippen LogP contribution is -2.17. The van der Waals surface area contributed by atoms with E-state index in [2.05, 4.69) is 10.3 Å². The molecule has 4 heteroatoms. The van der Waals surface area contributed by atoms with Gasteiger partial charge >= 0.3 is 0 Å². The van der Waals surface area contributed by atoms with Crippen molar-refractivity contribution in [3.8, 4) is 0 Å². The summed E-state index contributed by atoms with van der Waals surface area (Å²) in [5.41, 5.74) is 2.70. The molecule has 1 atom stereocenters. The monoisotopic (exact) mass is 338 g/mol. The van der Waals surface area contributed by atoms with Crippen molar-refractivity contribution in [3.63, 3.8) is 0 Å². The zero-order chi connectivity index (χ0) is 17.1. The van der Waals surface area contributed by atoms with Crippen molar-refractivity contribution in [2.75, 3.05) is 5.32 Å². The number of rotatable bonds is 5. The van der Waals surface area contributed by atoms with Crippen molar-refractivity contribution in [3.05, 3.63) is 59.9 Å². The summed E-state index contributed by atoms with van der Waals surface area (Å²) in [6.07, 6.45) is 7.52. The highest BCUT2D eigenvalue weighted by molar-refractivity contribution is 5.74. The van der Waals surface area contributed by atoms with Crippen molar-refractivity contribution in [2.45, 2.75) is 44.6 Å². The van der Waals surface area contributed by atoms with Gasteiger partial charge in [0.15, 0.2) is 5.58 Å². The Morgan fingerprint density at radius 1 is 1.04 bits per heavy atom.